The molecule has 336 valence electrons. The lowest BCUT2D eigenvalue weighted by Crippen LogP contribution is -2.63. The maximum atomic E-state index is 13.5. The number of benzene rings is 2. The number of fused-ring (bicyclic) bond motifs is 6. The van der Waals surface area contributed by atoms with E-state index in [9.17, 15) is 22.4 Å². The minimum Gasteiger partial charge on any atom is -0.371 e. The Kier molecular flexibility index (Phi) is 13.2. The van der Waals surface area contributed by atoms with Crippen molar-refractivity contribution in [1.82, 2.24) is 9.80 Å². The largest absolute Gasteiger partial charge is 0.373 e. The van der Waals surface area contributed by atoms with E-state index in [1.807, 2.05) is 29.2 Å². The van der Waals surface area contributed by atoms with Gasteiger partial charge in [0, 0.05) is 96.2 Å². The van der Waals surface area contributed by atoms with Crippen LogP contribution in [-0.4, -0.2) is 103 Å². The number of Topliss-reactive ketones (excluding diaryl/α,β-unsaturated/α-hetero) is 1. The van der Waals surface area contributed by atoms with Crippen LogP contribution in [0.4, 0.5) is 28.9 Å². The number of nitrogens with zero attached hydrogens (tertiary/aromatic N) is 4. The van der Waals surface area contributed by atoms with Crippen molar-refractivity contribution in [3.8, 4) is 0 Å². The fourth-order valence-electron chi connectivity index (χ4n) is 11.7. The molecule has 0 unspecified atom stereocenters. The molecular formula is C47H58ClF4N5O3S2. The Morgan fingerprint density at radius 1 is 0.645 bits per heavy atom. The van der Waals surface area contributed by atoms with Crippen LogP contribution in [0.3, 0.4) is 0 Å². The van der Waals surface area contributed by atoms with Crippen molar-refractivity contribution in [2.45, 2.75) is 112 Å². The zero-order valence-electron chi connectivity index (χ0n) is 35.2. The number of alkyl halides is 4. The van der Waals surface area contributed by atoms with Gasteiger partial charge in [0.05, 0.1) is 4.88 Å². The van der Waals surface area contributed by atoms with Gasteiger partial charge in [0.15, 0.2) is 5.78 Å². The number of rotatable bonds is 5. The topological polar surface area (TPSA) is 90.2 Å². The zero-order valence-corrected chi connectivity index (χ0v) is 37.6. The van der Waals surface area contributed by atoms with Gasteiger partial charge in [0.1, 0.15) is 0 Å². The number of anilines is 2. The molecule has 2 aromatic carbocycles. The first kappa shape index (κ1) is 45.5. The summed E-state index contributed by atoms with van der Waals surface area (Å²) >= 11 is 3.27. The first-order valence-electron chi connectivity index (χ1n) is 22.4. The maximum Gasteiger partial charge on any atom is 0.373 e. The molecule has 2 aliphatic carbocycles. The lowest BCUT2D eigenvalue weighted by Gasteiger charge is -2.52. The number of halogens is 5. The van der Waals surface area contributed by atoms with E-state index in [1.54, 1.807) is 22.7 Å². The fraction of sp³-hybridized carbons (Fsp3) is 0.617. The molecule has 10 aliphatic rings. The first-order chi connectivity index (χ1) is 29.3. The van der Waals surface area contributed by atoms with Crippen molar-refractivity contribution in [1.29, 1.82) is 0 Å². The lowest BCUT2D eigenvalue weighted by atomic mass is 9.70. The van der Waals surface area contributed by atoms with Gasteiger partial charge in [-0.15, -0.1) is 35.1 Å². The summed E-state index contributed by atoms with van der Waals surface area (Å²) in [6, 6.07) is 17.0. The summed E-state index contributed by atoms with van der Waals surface area (Å²) in [4.78, 5) is 39.8. The summed E-state index contributed by atoms with van der Waals surface area (Å²) in [5.41, 5.74) is 9.14. The van der Waals surface area contributed by atoms with Crippen LogP contribution in [0, 0.1) is 17.8 Å². The molecular weight excluding hydrogens is 858 g/mol. The van der Waals surface area contributed by atoms with Crippen LogP contribution in [0.25, 0.3) is 20.2 Å². The van der Waals surface area contributed by atoms with E-state index >= 15 is 0 Å². The summed E-state index contributed by atoms with van der Waals surface area (Å²) in [6.07, 6.45) is 11.2. The molecule has 10 heterocycles. The van der Waals surface area contributed by atoms with Crippen molar-refractivity contribution >= 4 is 78.6 Å². The predicted octanol–water partition coefficient (Wildman–Crippen LogP) is 10.1. The predicted molar refractivity (Wildman–Crippen MR) is 242 cm³/mol. The Labute approximate surface area is 375 Å². The SMILES string of the molecule is Cl.FC1(F)CCN(c2ccc3ccsc3c2)CC1.N[C@@H]1C2CCN(CC2)C12CC2.O=C(C[C@@H]1C2CCN(CC2)C12CC2)c1cc2ccc(N3CCC(F)(F)CC3)cc2s1.O=C=O. The molecule has 62 heavy (non-hydrogen) atoms. The van der Waals surface area contributed by atoms with Gasteiger partial charge in [0.2, 0.25) is 0 Å². The van der Waals surface area contributed by atoms with Crippen molar-refractivity contribution in [3.63, 3.8) is 0 Å². The Balaban J connectivity index is 0.000000138. The maximum absolute atomic E-state index is 13.5. The molecule has 2 aromatic heterocycles. The number of carbonyl (C=O) groups is 1. The monoisotopic (exact) mass is 915 g/mol. The van der Waals surface area contributed by atoms with E-state index in [4.69, 9.17) is 15.3 Å². The standard InChI is InChI=1S/C24H28F2N2OS.C13H13F2NS.C9H16N2.CO2.ClH/c25-24(26)7-11-27(12-8-24)18-2-1-17-13-22(30-21(17)14-18)20(29)15-19-16-3-9-28(10-4-16)23(19)5-6-23;14-13(15)4-6-16(7-5-13)11-2-1-10-3-8-17-12(10)9-11;10-8-7-1-5-11(6-2-7)9(8)3-4-9;2-1-3;/h1-2,13-14,16,19H,3-12,15H2;1-3,8-9H,4-7H2;7-8H,1-6,10H2;;1H/t19-;;8-;;/m1.1../s1. The second kappa shape index (κ2) is 18.1. The van der Waals surface area contributed by atoms with Gasteiger partial charge in [-0.05, 0) is 148 Å². The van der Waals surface area contributed by atoms with E-state index in [0.717, 1.165) is 38.2 Å². The fourth-order valence-corrected chi connectivity index (χ4v) is 13.6. The number of piperidine rings is 8. The van der Waals surface area contributed by atoms with Gasteiger partial charge in [-0.25, -0.2) is 17.6 Å². The lowest BCUT2D eigenvalue weighted by molar-refractivity contribution is -0.191. The van der Waals surface area contributed by atoms with E-state index in [2.05, 4.69) is 44.3 Å². The highest BCUT2D eigenvalue weighted by Gasteiger charge is 2.61. The van der Waals surface area contributed by atoms with Gasteiger partial charge in [0.25, 0.3) is 11.8 Å². The molecule has 15 heteroatoms. The molecule has 10 fully saturated rings. The number of thiophene rings is 2. The molecule has 8 saturated heterocycles. The molecule has 8 nitrogen and oxygen atoms in total. The first-order valence-corrected chi connectivity index (χ1v) is 24.1. The summed E-state index contributed by atoms with van der Waals surface area (Å²) in [5.74, 6) is -2.59. The third-order valence-corrected chi connectivity index (χ3v) is 17.6. The van der Waals surface area contributed by atoms with Crippen LogP contribution < -0.4 is 15.5 Å². The molecule has 14 rings (SSSR count). The number of hydrogen-bond acceptors (Lipinski definition) is 10. The molecule has 2 saturated carbocycles. The van der Waals surface area contributed by atoms with Crippen molar-refractivity contribution < 1.29 is 31.9 Å². The van der Waals surface area contributed by atoms with E-state index in [-0.39, 0.29) is 44.2 Å². The summed E-state index contributed by atoms with van der Waals surface area (Å²) in [6.45, 7) is 6.78. The second-order valence-corrected chi connectivity index (χ2v) is 20.9. The highest BCUT2D eigenvalue weighted by Crippen LogP contribution is 2.59. The van der Waals surface area contributed by atoms with Gasteiger partial charge in [-0.1, -0.05) is 12.1 Å². The minimum absolute atomic E-state index is 0. The third kappa shape index (κ3) is 9.22. The number of carbonyl (C=O) groups excluding carboxylic acids is 3. The highest BCUT2D eigenvalue weighted by atomic mass is 35.5. The zero-order chi connectivity index (χ0) is 42.6. The summed E-state index contributed by atoms with van der Waals surface area (Å²) < 4.78 is 55.4. The van der Waals surface area contributed by atoms with Gasteiger partial charge < -0.3 is 15.5 Å². The average Bonchev–Trinajstić information content (AvgIpc) is 4.13. The molecule has 2 atom stereocenters. The van der Waals surface area contributed by atoms with Gasteiger partial charge >= 0.3 is 6.15 Å². The molecule has 0 amide bonds. The highest BCUT2D eigenvalue weighted by molar-refractivity contribution is 7.20. The van der Waals surface area contributed by atoms with Crippen LogP contribution >= 0.6 is 35.1 Å². The minimum atomic E-state index is -2.53. The van der Waals surface area contributed by atoms with E-state index in [0.29, 0.717) is 61.4 Å². The Morgan fingerprint density at radius 2 is 1.13 bits per heavy atom. The smallest absolute Gasteiger partial charge is 0.371 e. The Hall–Kier alpha value is -3.10. The molecule has 2 spiro atoms. The molecule has 2 N–H and O–H groups in total. The van der Waals surface area contributed by atoms with Gasteiger partial charge in [-0.2, -0.15) is 9.59 Å². The van der Waals surface area contributed by atoms with Crippen molar-refractivity contribution in [2.75, 3.05) is 62.2 Å². The van der Waals surface area contributed by atoms with Crippen LogP contribution in [0.5, 0.6) is 0 Å². The number of hydrogen-bond donors (Lipinski definition) is 1. The summed E-state index contributed by atoms with van der Waals surface area (Å²) in [5, 5.41) is 4.37. The van der Waals surface area contributed by atoms with Crippen LogP contribution in [0.2, 0.25) is 0 Å². The van der Waals surface area contributed by atoms with E-state index < -0.39 is 11.8 Å². The second-order valence-electron chi connectivity index (χ2n) is 18.9. The third-order valence-electron chi connectivity index (χ3n) is 15.6. The Morgan fingerprint density at radius 3 is 1.63 bits per heavy atom. The van der Waals surface area contributed by atoms with Crippen molar-refractivity contribution in [3.05, 3.63) is 58.8 Å². The van der Waals surface area contributed by atoms with E-state index in [1.165, 1.54) is 87.6 Å². The van der Waals surface area contributed by atoms with Crippen molar-refractivity contribution in [2.24, 2.45) is 23.5 Å². The van der Waals surface area contributed by atoms with Crippen LogP contribution in [-0.2, 0) is 9.59 Å². The quantitative estimate of drug-likeness (QED) is 0.156. The average molecular weight is 917 g/mol. The number of nitrogens with two attached hydrogens (primary N) is 1. The normalized spacial score (nSPS) is 29.9. The summed E-state index contributed by atoms with van der Waals surface area (Å²) in [7, 11) is 0. The van der Waals surface area contributed by atoms with Gasteiger partial charge in [-0.3, -0.25) is 14.6 Å². The molecule has 4 aromatic rings. The Bertz CT molecular complexity index is 2220. The number of ketones is 1. The molecule has 8 aliphatic heterocycles. The molecule has 4 bridgehead atoms. The molecule has 0 radical (unpaired) electrons. The van der Waals surface area contributed by atoms with Crippen LogP contribution in [0.15, 0.2) is 53.9 Å². The van der Waals surface area contributed by atoms with Crippen LogP contribution in [0.1, 0.15) is 93.1 Å².